The van der Waals surface area contributed by atoms with Crippen LogP contribution >= 0.6 is 0 Å². The molecule has 0 atom stereocenters. The first-order chi connectivity index (χ1) is 8.61. The first-order valence-electron chi connectivity index (χ1n) is 6.17. The Labute approximate surface area is 106 Å². The molecule has 0 spiro atoms. The number of ether oxygens (including phenoxy) is 1. The number of nitrogens with one attached hydrogen (secondary N) is 1. The molecule has 0 bridgehead atoms. The molecule has 98 valence electrons. The van der Waals surface area contributed by atoms with E-state index in [2.05, 4.69) is 5.32 Å². The highest BCUT2D eigenvalue weighted by atomic mass is 16.5. The van der Waals surface area contributed by atoms with Gasteiger partial charge in [-0.15, -0.1) is 0 Å². The van der Waals surface area contributed by atoms with Crippen molar-refractivity contribution < 1.29 is 9.53 Å². The highest BCUT2D eigenvalue weighted by molar-refractivity contribution is 5.96. The van der Waals surface area contributed by atoms with Gasteiger partial charge in [0.1, 0.15) is 5.75 Å². The topological polar surface area (TPSA) is 60.3 Å². The van der Waals surface area contributed by atoms with Crippen LogP contribution in [0.15, 0.2) is 17.1 Å². The number of methoxy groups -OCH3 is 1. The Kier molecular flexibility index (Phi) is 3.69. The largest absolute Gasteiger partial charge is 0.496 e. The number of carbonyl (C=O) groups excluding carboxylic acids is 1. The number of rotatable bonds is 3. The zero-order chi connectivity index (χ0) is 13.1. The Morgan fingerprint density at radius 2 is 2.11 bits per heavy atom. The molecule has 1 N–H and O–H groups in total. The highest BCUT2D eigenvalue weighted by Crippen LogP contribution is 2.20. The molecule has 1 aliphatic rings. The van der Waals surface area contributed by atoms with Crippen LogP contribution in [0.25, 0.3) is 0 Å². The highest BCUT2D eigenvalue weighted by Gasteiger charge is 2.20. The van der Waals surface area contributed by atoms with Crippen molar-refractivity contribution in [3.05, 3.63) is 28.2 Å². The fourth-order valence-corrected chi connectivity index (χ4v) is 2.29. The summed E-state index contributed by atoms with van der Waals surface area (Å²) in [5.41, 5.74) is 0.218. The standard InChI is InChI=1S/C13H18N2O3/c1-15-8-10(11(18-2)7-12(15)16)13(17)14-9-5-3-4-6-9/h7-9H,3-6H2,1-2H3,(H,14,17). The van der Waals surface area contributed by atoms with Crippen LogP contribution in [0.3, 0.4) is 0 Å². The van der Waals surface area contributed by atoms with Crippen molar-refractivity contribution in [2.24, 2.45) is 7.05 Å². The minimum atomic E-state index is -0.190. The lowest BCUT2D eigenvalue weighted by Crippen LogP contribution is -2.33. The van der Waals surface area contributed by atoms with Gasteiger partial charge in [-0.1, -0.05) is 12.8 Å². The molecular weight excluding hydrogens is 232 g/mol. The smallest absolute Gasteiger partial charge is 0.256 e. The van der Waals surface area contributed by atoms with Gasteiger partial charge in [-0.2, -0.15) is 0 Å². The number of aromatic nitrogens is 1. The number of carbonyl (C=O) groups is 1. The molecule has 1 aromatic heterocycles. The van der Waals surface area contributed by atoms with Gasteiger partial charge in [0.05, 0.1) is 12.7 Å². The van der Waals surface area contributed by atoms with E-state index in [4.69, 9.17) is 4.74 Å². The average Bonchev–Trinajstić information content (AvgIpc) is 2.84. The van der Waals surface area contributed by atoms with Crippen LogP contribution in [0.1, 0.15) is 36.0 Å². The van der Waals surface area contributed by atoms with E-state index in [1.807, 2.05) is 0 Å². The molecule has 0 aliphatic heterocycles. The van der Waals surface area contributed by atoms with Crippen LogP contribution in [-0.2, 0) is 7.05 Å². The van der Waals surface area contributed by atoms with Crippen LogP contribution in [0.5, 0.6) is 5.75 Å². The quantitative estimate of drug-likeness (QED) is 0.872. The molecule has 1 heterocycles. The molecule has 1 aliphatic carbocycles. The molecule has 5 heteroatoms. The Balaban J connectivity index is 2.23. The summed E-state index contributed by atoms with van der Waals surface area (Å²) in [7, 11) is 3.08. The summed E-state index contributed by atoms with van der Waals surface area (Å²) in [6, 6.07) is 1.59. The van der Waals surface area contributed by atoms with Crippen molar-refractivity contribution in [1.82, 2.24) is 9.88 Å². The summed E-state index contributed by atoms with van der Waals surface area (Å²) >= 11 is 0. The minimum absolute atomic E-state index is 0.172. The van der Waals surface area contributed by atoms with Crippen LogP contribution in [-0.4, -0.2) is 23.6 Å². The van der Waals surface area contributed by atoms with E-state index in [0.717, 1.165) is 25.7 Å². The third-order valence-corrected chi connectivity index (χ3v) is 3.35. The average molecular weight is 250 g/mol. The maximum Gasteiger partial charge on any atom is 0.256 e. The number of amides is 1. The molecule has 1 aromatic rings. The summed E-state index contributed by atoms with van der Waals surface area (Å²) < 4.78 is 6.47. The van der Waals surface area contributed by atoms with Gasteiger partial charge in [-0.05, 0) is 12.8 Å². The Hall–Kier alpha value is -1.78. The summed E-state index contributed by atoms with van der Waals surface area (Å²) in [4.78, 5) is 23.6. The lowest BCUT2D eigenvalue weighted by atomic mass is 10.2. The maximum atomic E-state index is 12.1. The SMILES string of the molecule is COc1cc(=O)n(C)cc1C(=O)NC1CCCC1. The molecule has 1 saturated carbocycles. The van der Waals surface area contributed by atoms with Crippen LogP contribution in [0, 0.1) is 0 Å². The van der Waals surface area contributed by atoms with Gasteiger partial charge in [0.25, 0.3) is 11.5 Å². The maximum absolute atomic E-state index is 12.1. The van der Waals surface area contributed by atoms with Gasteiger partial charge in [0, 0.05) is 25.4 Å². The lowest BCUT2D eigenvalue weighted by molar-refractivity contribution is 0.0934. The predicted octanol–water partition coefficient (Wildman–Crippen LogP) is 1.07. The third kappa shape index (κ3) is 2.55. The normalized spacial score (nSPS) is 15.7. The second kappa shape index (κ2) is 5.25. The first kappa shape index (κ1) is 12.7. The van der Waals surface area contributed by atoms with Crippen molar-refractivity contribution in [2.75, 3.05) is 7.11 Å². The summed E-state index contributed by atoms with van der Waals surface area (Å²) in [6.07, 6.45) is 5.90. The molecule has 0 unspecified atom stereocenters. The second-order valence-corrected chi connectivity index (χ2v) is 4.66. The Morgan fingerprint density at radius 1 is 1.44 bits per heavy atom. The molecule has 1 amide bonds. The fraction of sp³-hybridized carbons (Fsp3) is 0.538. The summed E-state index contributed by atoms with van der Waals surface area (Å²) in [6.45, 7) is 0. The second-order valence-electron chi connectivity index (χ2n) is 4.66. The van der Waals surface area contributed by atoms with E-state index < -0.39 is 0 Å². The predicted molar refractivity (Wildman–Crippen MR) is 68.0 cm³/mol. The van der Waals surface area contributed by atoms with Gasteiger partial charge >= 0.3 is 0 Å². The monoisotopic (exact) mass is 250 g/mol. The summed E-state index contributed by atoms with van der Waals surface area (Å²) in [5.74, 6) is 0.156. The number of nitrogens with zero attached hydrogens (tertiary/aromatic N) is 1. The third-order valence-electron chi connectivity index (χ3n) is 3.35. The fourth-order valence-electron chi connectivity index (χ4n) is 2.29. The lowest BCUT2D eigenvalue weighted by Gasteiger charge is -2.14. The van der Waals surface area contributed by atoms with Gasteiger partial charge in [-0.3, -0.25) is 9.59 Å². The molecular formula is C13H18N2O3. The number of hydrogen-bond donors (Lipinski definition) is 1. The van der Waals surface area contributed by atoms with E-state index in [0.29, 0.717) is 11.3 Å². The van der Waals surface area contributed by atoms with E-state index in [9.17, 15) is 9.59 Å². The van der Waals surface area contributed by atoms with Crippen LogP contribution in [0.2, 0.25) is 0 Å². The molecule has 0 aromatic carbocycles. The van der Waals surface area contributed by atoms with Gasteiger partial charge in [0.2, 0.25) is 0 Å². The Morgan fingerprint density at radius 3 is 2.72 bits per heavy atom. The van der Waals surface area contributed by atoms with E-state index in [-0.39, 0.29) is 17.5 Å². The van der Waals surface area contributed by atoms with Crippen molar-refractivity contribution in [2.45, 2.75) is 31.7 Å². The molecule has 18 heavy (non-hydrogen) atoms. The van der Waals surface area contributed by atoms with Crippen molar-refractivity contribution in [3.8, 4) is 5.75 Å². The van der Waals surface area contributed by atoms with Gasteiger partial charge < -0.3 is 14.6 Å². The van der Waals surface area contributed by atoms with E-state index >= 15 is 0 Å². The molecule has 1 fully saturated rings. The molecule has 2 rings (SSSR count). The molecule has 0 saturated heterocycles. The first-order valence-corrected chi connectivity index (χ1v) is 6.17. The van der Waals surface area contributed by atoms with Crippen molar-refractivity contribution in [1.29, 1.82) is 0 Å². The zero-order valence-corrected chi connectivity index (χ0v) is 10.7. The number of aryl methyl sites for hydroxylation is 1. The number of hydrogen-bond acceptors (Lipinski definition) is 3. The van der Waals surface area contributed by atoms with E-state index in [1.165, 1.54) is 23.9 Å². The Bertz CT molecular complexity index is 501. The molecule has 0 radical (unpaired) electrons. The number of pyridine rings is 1. The van der Waals surface area contributed by atoms with Crippen molar-refractivity contribution in [3.63, 3.8) is 0 Å². The minimum Gasteiger partial charge on any atom is -0.496 e. The van der Waals surface area contributed by atoms with Crippen LogP contribution in [0.4, 0.5) is 0 Å². The van der Waals surface area contributed by atoms with Crippen molar-refractivity contribution >= 4 is 5.91 Å². The summed E-state index contributed by atoms with van der Waals surface area (Å²) in [5, 5.41) is 2.98. The van der Waals surface area contributed by atoms with E-state index in [1.54, 1.807) is 7.05 Å². The van der Waals surface area contributed by atoms with Gasteiger partial charge in [0.15, 0.2) is 0 Å². The van der Waals surface area contributed by atoms with Gasteiger partial charge in [-0.25, -0.2) is 0 Å². The zero-order valence-electron chi connectivity index (χ0n) is 10.7. The van der Waals surface area contributed by atoms with Crippen LogP contribution < -0.4 is 15.6 Å². The molecule has 5 nitrogen and oxygen atoms in total.